The lowest BCUT2D eigenvalue weighted by Gasteiger charge is -2.26. The predicted molar refractivity (Wildman–Crippen MR) is 84.9 cm³/mol. The van der Waals surface area contributed by atoms with Crippen LogP contribution in [0.5, 0.6) is 0 Å². The lowest BCUT2D eigenvalue weighted by atomic mass is 9.89. The minimum Gasteiger partial charge on any atom is -0.387 e. The molecule has 1 aromatic rings. The average Bonchev–Trinajstić information content (AvgIpc) is 2.59. The summed E-state index contributed by atoms with van der Waals surface area (Å²) < 4.78 is 0. The van der Waals surface area contributed by atoms with Crippen LogP contribution in [0.4, 0.5) is 0 Å². The topological polar surface area (TPSA) is 24.1 Å². The molecule has 1 aromatic carbocycles. The van der Waals surface area contributed by atoms with E-state index in [1.807, 2.05) is 18.4 Å². The fourth-order valence-electron chi connectivity index (χ4n) is 2.52. The van der Waals surface area contributed by atoms with Gasteiger partial charge in [0.15, 0.2) is 0 Å². The van der Waals surface area contributed by atoms with Gasteiger partial charge >= 0.3 is 0 Å². The van der Waals surface area contributed by atoms with Crippen molar-refractivity contribution in [2.45, 2.75) is 6.04 Å². The first kappa shape index (κ1) is 12.5. The van der Waals surface area contributed by atoms with Crippen LogP contribution in [0.3, 0.4) is 0 Å². The molecule has 2 aliphatic rings. The molecule has 0 bridgehead atoms. The maximum Gasteiger partial charge on any atom is 0.0787 e. The molecule has 1 unspecified atom stereocenters. The molecule has 1 atom stereocenters. The molecule has 2 aliphatic heterocycles. The number of allylic oxidation sites excluding steroid dienone is 3. The number of fused-ring (bicyclic) bond motifs is 1. The number of benzene rings is 1. The van der Waals surface area contributed by atoms with Gasteiger partial charge in [0.25, 0.3) is 0 Å². The summed E-state index contributed by atoms with van der Waals surface area (Å²) in [6, 6.07) is 8.59. The molecule has 100 valence electrons. The van der Waals surface area contributed by atoms with E-state index in [-0.39, 0.29) is 6.04 Å². The van der Waals surface area contributed by atoms with Crippen molar-refractivity contribution in [3.05, 3.63) is 89.8 Å². The number of rotatable bonds is 1. The molecule has 0 spiro atoms. The number of hydrogen-bond donors (Lipinski definition) is 2. The van der Waals surface area contributed by atoms with Crippen molar-refractivity contribution in [2.75, 3.05) is 6.54 Å². The van der Waals surface area contributed by atoms with Gasteiger partial charge in [-0.15, -0.1) is 0 Å². The highest BCUT2D eigenvalue weighted by Crippen LogP contribution is 2.32. The lowest BCUT2D eigenvalue weighted by molar-refractivity contribution is 0.707. The van der Waals surface area contributed by atoms with Crippen LogP contribution in [0.2, 0.25) is 0 Å². The van der Waals surface area contributed by atoms with Crippen LogP contribution in [0.25, 0.3) is 6.08 Å². The first-order chi connectivity index (χ1) is 9.86. The zero-order valence-corrected chi connectivity index (χ0v) is 11.3. The third kappa shape index (κ3) is 2.45. The summed E-state index contributed by atoms with van der Waals surface area (Å²) in [5, 5.41) is 6.76. The van der Waals surface area contributed by atoms with Gasteiger partial charge in [-0.25, -0.2) is 0 Å². The summed E-state index contributed by atoms with van der Waals surface area (Å²) in [6.07, 6.45) is 14.4. The normalized spacial score (nSPS) is 24.1. The van der Waals surface area contributed by atoms with E-state index in [1.54, 1.807) is 0 Å². The third-order valence-electron chi connectivity index (χ3n) is 3.55. The Kier molecular flexibility index (Phi) is 3.55. The fourth-order valence-corrected chi connectivity index (χ4v) is 2.52. The van der Waals surface area contributed by atoms with Gasteiger partial charge in [0.1, 0.15) is 0 Å². The Bertz CT molecular complexity index is 633. The average molecular weight is 262 g/mol. The van der Waals surface area contributed by atoms with E-state index >= 15 is 0 Å². The smallest absolute Gasteiger partial charge is 0.0787 e. The molecule has 0 aromatic heterocycles. The van der Waals surface area contributed by atoms with Crippen LogP contribution in [0.15, 0.2) is 78.7 Å². The SMILES string of the molecule is C=C1/C=C\C=C/CNC=C1C1NC=Cc2ccccc21. The maximum absolute atomic E-state index is 4.19. The van der Waals surface area contributed by atoms with Gasteiger partial charge in [0.05, 0.1) is 6.04 Å². The molecule has 0 fully saturated rings. The second kappa shape index (κ2) is 5.66. The Hall–Kier alpha value is -2.48. The van der Waals surface area contributed by atoms with Gasteiger partial charge in [-0.2, -0.15) is 0 Å². The Morgan fingerprint density at radius 3 is 2.95 bits per heavy atom. The minimum absolute atomic E-state index is 0.138. The van der Waals surface area contributed by atoms with Crippen LogP contribution >= 0.6 is 0 Å². The van der Waals surface area contributed by atoms with Gasteiger partial charge < -0.3 is 10.6 Å². The molecule has 3 rings (SSSR count). The molecule has 0 saturated heterocycles. The summed E-state index contributed by atoms with van der Waals surface area (Å²) in [5.74, 6) is 0. The van der Waals surface area contributed by atoms with Crippen molar-refractivity contribution in [2.24, 2.45) is 0 Å². The molecule has 2 heterocycles. The third-order valence-corrected chi connectivity index (χ3v) is 3.55. The minimum atomic E-state index is 0.138. The quantitative estimate of drug-likeness (QED) is 0.810. The summed E-state index contributed by atoms with van der Waals surface area (Å²) >= 11 is 0. The van der Waals surface area contributed by atoms with Crippen LogP contribution in [0, 0.1) is 0 Å². The molecule has 0 amide bonds. The van der Waals surface area contributed by atoms with E-state index in [2.05, 4.69) is 65.9 Å². The number of hydrogen-bond acceptors (Lipinski definition) is 2. The van der Waals surface area contributed by atoms with E-state index in [1.165, 1.54) is 16.7 Å². The standard InChI is InChI=1S/C18H18N2/c1-14-7-3-2-6-11-19-13-17(14)18-16-9-5-4-8-15(16)10-12-20-18/h2-10,12-13,18-20H,1,11H2/b6-2-,7-3-,17-13?. The monoisotopic (exact) mass is 262 g/mol. The molecule has 2 N–H and O–H groups in total. The molecule has 0 saturated carbocycles. The first-order valence-electron chi connectivity index (χ1n) is 6.84. The zero-order valence-electron chi connectivity index (χ0n) is 11.3. The Morgan fingerprint density at radius 1 is 1.10 bits per heavy atom. The second-order valence-corrected chi connectivity index (χ2v) is 4.88. The van der Waals surface area contributed by atoms with Crippen LogP contribution in [0.1, 0.15) is 17.2 Å². The van der Waals surface area contributed by atoms with E-state index in [4.69, 9.17) is 0 Å². The summed E-state index contributed by atoms with van der Waals surface area (Å²) in [7, 11) is 0. The predicted octanol–water partition coefficient (Wildman–Crippen LogP) is 3.46. The summed E-state index contributed by atoms with van der Waals surface area (Å²) in [6.45, 7) is 5.02. The molecule has 0 aliphatic carbocycles. The van der Waals surface area contributed by atoms with Crippen molar-refractivity contribution >= 4 is 6.08 Å². The Balaban J connectivity index is 1.99. The molecular weight excluding hydrogens is 244 g/mol. The highest BCUT2D eigenvalue weighted by Gasteiger charge is 2.21. The van der Waals surface area contributed by atoms with E-state index in [0.717, 1.165) is 12.1 Å². The highest BCUT2D eigenvalue weighted by atomic mass is 14.9. The highest BCUT2D eigenvalue weighted by molar-refractivity contribution is 5.60. The van der Waals surface area contributed by atoms with Gasteiger partial charge in [-0.3, -0.25) is 0 Å². The van der Waals surface area contributed by atoms with Gasteiger partial charge in [-0.1, -0.05) is 55.1 Å². The fraction of sp³-hybridized carbons (Fsp3) is 0.111. The largest absolute Gasteiger partial charge is 0.387 e. The molecule has 20 heavy (non-hydrogen) atoms. The van der Waals surface area contributed by atoms with Crippen LogP contribution in [-0.4, -0.2) is 6.54 Å². The van der Waals surface area contributed by atoms with Gasteiger partial charge in [-0.05, 0) is 29.0 Å². The first-order valence-corrected chi connectivity index (χ1v) is 6.84. The van der Waals surface area contributed by atoms with E-state index < -0.39 is 0 Å². The van der Waals surface area contributed by atoms with Crippen LogP contribution in [-0.2, 0) is 0 Å². The maximum atomic E-state index is 4.19. The second-order valence-electron chi connectivity index (χ2n) is 4.88. The zero-order chi connectivity index (χ0) is 13.8. The van der Waals surface area contributed by atoms with E-state index in [0.29, 0.717) is 0 Å². The van der Waals surface area contributed by atoms with Crippen molar-refractivity contribution < 1.29 is 0 Å². The van der Waals surface area contributed by atoms with Crippen LogP contribution < -0.4 is 10.6 Å². The van der Waals surface area contributed by atoms with Crippen molar-refractivity contribution in [1.29, 1.82) is 0 Å². The van der Waals surface area contributed by atoms with Gasteiger partial charge in [0, 0.05) is 18.3 Å². The molecule has 0 radical (unpaired) electrons. The Labute approximate surface area is 119 Å². The van der Waals surface area contributed by atoms with Gasteiger partial charge in [0.2, 0.25) is 0 Å². The Morgan fingerprint density at radius 2 is 2.00 bits per heavy atom. The summed E-state index contributed by atoms with van der Waals surface area (Å²) in [4.78, 5) is 0. The van der Waals surface area contributed by atoms with Crippen molar-refractivity contribution in [3.8, 4) is 0 Å². The molecule has 2 heteroatoms. The van der Waals surface area contributed by atoms with Crippen molar-refractivity contribution in [1.82, 2.24) is 10.6 Å². The lowest BCUT2D eigenvalue weighted by Crippen LogP contribution is -2.23. The van der Waals surface area contributed by atoms with E-state index in [9.17, 15) is 0 Å². The molecular formula is C18H18N2. The summed E-state index contributed by atoms with van der Waals surface area (Å²) in [5.41, 5.74) is 4.73. The van der Waals surface area contributed by atoms with Crippen molar-refractivity contribution in [3.63, 3.8) is 0 Å². The number of nitrogens with one attached hydrogen (secondary N) is 2. The molecule has 2 nitrogen and oxygen atoms in total.